The van der Waals surface area contributed by atoms with E-state index in [1.54, 1.807) is 7.11 Å². The lowest BCUT2D eigenvalue weighted by atomic mass is 9.97. The smallest absolute Gasteiger partial charge is 0.119 e. The average Bonchev–Trinajstić information content (AvgIpc) is 2.47. The Labute approximate surface area is 113 Å². The van der Waals surface area contributed by atoms with Gasteiger partial charge in [-0.05, 0) is 52.6 Å². The highest BCUT2D eigenvalue weighted by Gasteiger charge is 2.03. The molecule has 3 aromatic carbocycles. The molecule has 0 N–H and O–H groups in total. The summed E-state index contributed by atoms with van der Waals surface area (Å²) in [6.45, 7) is 2.16. The molecule has 0 aromatic heterocycles. The third kappa shape index (κ3) is 2.19. The maximum Gasteiger partial charge on any atom is 0.119 e. The largest absolute Gasteiger partial charge is 0.497 e. The second-order valence-corrected chi connectivity index (χ2v) is 4.75. The van der Waals surface area contributed by atoms with Crippen molar-refractivity contribution in [3.05, 3.63) is 66.2 Å². The first kappa shape index (κ1) is 11.8. The molecule has 94 valence electrons. The molecule has 0 fully saturated rings. The van der Waals surface area contributed by atoms with Crippen LogP contribution >= 0.6 is 0 Å². The first-order chi connectivity index (χ1) is 9.28. The Hall–Kier alpha value is -2.28. The number of rotatable bonds is 2. The normalized spacial score (nSPS) is 10.6. The molecule has 0 atom stereocenters. The second kappa shape index (κ2) is 4.77. The van der Waals surface area contributed by atoms with Crippen molar-refractivity contribution in [2.75, 3.05) is 7.11 Å². The molecule has 0 bridgehead atoms. The minimum Gasteiger partial charge on any atom is -0.497 e. The minimum atomic E-state index is 0.892. The molecule has 0 spiro atoms. The lowest BCUT2D eigenvalue weighted by Gasteiger charge is -2.09. The van der Waals surface area contributed by atoms with Crippen LogP contribution in [-0.2, 0) is 0 Å². The molecule has 1 heteroatoms. The lowest BCUT2D eigenvalue weighted by Crippen LogP contribution is -1.86. The van der Waals surface area contributed by atoms with E-state index in [0.717, 1.165) is 5.75 Å². The quantitative estimate of drug-likeness (QED) is 0.631. The van der Waals surface area contributed by atoms with Crippen LogP contribution in [0.1, 0.15) is 5.56 Å². The fraction of sp³-hybridized carbons (Fsp3) is 0.111. The van der Waals surface area contributed by atoms with Crippen LogP contribution in [0.2, 0.25) is 0 Å². The van der Waals surface area contributed by atoms with Crippen molar-refractivity contribution >= 4 is 10.8 Å². The molecule has 0 amide bonds. The van der Waals surface area contributed by atoms with Gasteiger partial charge in [-0.2, -0.15) is 0 Å². The van der Waals surface area contributed by atoms with Crippen LogP contribution in [0.5, 0.6) is 5.75 Å². The van der Waals surface area contributed by atoms with Gasteiger partial charge in [0.25, 0.3) is 0 Å². The summed E-state index contributed by atoms with van der Waals surface area (Å²) in [7, 11) is 1.70. The minimum absolute atomic E-state index is 0.892. The summed E-state index contributed by atoms with van der Waals surface area (Å²) in [5, 5.41) is 2.59. The van der Waals surface area contributed by atoms with E-state index in [0.29, 0.717) is 0 Å². The van der Waals surface area contributed by atoms with Gasteiger partial charge in [0.1, 0.15) is 5.75 Å². The van der Waals surface area contributed by atoms with Crippen molar-refractivity contribution in [3.8, 4) is 16.9 Å². The average molecular weight is 248 g/mol. The Kier molecular flexibility index (Phi) is 2.96. The van der Waals surface area contributed by atoms with E-state index in [9.17, 15) is 0 Å². The van der Waals surface area contributed by atoms with Gasteiger partial charge >= 0.3 is 0 Å². The van der Waals surface area contributed by atoms with E-state index in [4.69, 9.17) is 4.74 Å². The highest BCUT2D eigenvalue weighted by Crippen LogP contribution is 2.29. The fourth-order valence-electron chi connectivity index (χ4n) is 2.47. The number of aryl methyl sites for hydroxylation is 1. The van der Waals surface area contributed by atoms with E-state index >= 15 is 0 Å². The van der Waals surface area contributed by atoms with Crippen molar-refractivity contribution in [3.63, 3.8) is 0 Å². The summed E-state index contributed by atoms with van der Waals surface area (Å²) in [4.78, 5) is 0. The van der Waals surface area contributed by atoms with Crippen LogP contribution in [0.25, 0.3) is 21.9 Å². The molecule has 0 aliphatic carbocycles. The molecular weight excluding hydrogens is 232 g/mol. The maximum atomic E-state index is 5.29. The standard InChI is InChI=1S/C18H16O/c1-13-10-16(11-15-6-3-4-9-18(13)15)14-7-5-8-17(12-14)19-2/h3-12H,1-2H3. The summed E-state index contributed by atoms with van der Waals surface area (Å²) >= 11 is 0. The van der Waals surface area contributed by atoms with Gasteiger partial charge in [0, 0.05) is 0 Å². The van der Waals surface area contributed by atoms with Crippen LogP contribution < -0.4 is 4.74 Å². The zero-order chi connectivity index (χ0) is 13.2. The predicted octanol–water partition coefficient (Wildman–Crippen LogP) is 4.82. The zero-order valence-corrected chi connectivity index (χ0v) is 11.2. The predicted molar refractivity (Wildman–Crippen MR) is 80.7 cm³/mol. The van der Waals surface area contributed by atoms with E-state index in [1.165, 1.54) is 27.5 Å². The number of hydrogen-bond acceptors (Lipinski definition) is 1. The van der Waals surface area contributed by atoms with Crippen molar-refractivity contribution in [1.29, 1.82) is 0 Å². The molecule has 0 unspecified atom stereocenters. The molecule has 0 saturated heterocycles. The van der Waals surface area contributed by atoms with Gasteiger partial charge in [0.2, 0.25) is 0 Å². The van der Waals surface area contributed by atoms with Crippen molar-refractivity contribution < 1.29 is 4.74 Å². The molecule has 0 radical (unpaired) electrons. The Morgan fingerprint density at radius 1 is 0.789 bits per heavy atom. The summed E-state index contributed by atoms with van der Waals surface area (Å²) in [6.07, 6.45) is 0. The Morgan fingerprint density at radius 3 is 2.47 bits per heavy atom. The molecule has 0 aliphatic heterocycles. The zero-order valence-electron chi connectivity index (χ0n) is 11.2. The fourth-order valence-corrected chi connectivity index (χ4v) is 2.47. The lowest BCUT2D eigenvalue weighted by molar-refractivity contribution is 0.415. The van der Waals surface area contributed by atoms with Crippen molar-refractivity contribution in [2.24, 2.45) is 0 Å². The second-order valence-electron chi connectivity index (χ2n) is 4.75. The summed E-state index contributed by atoms with van der Waals surface area (Å²) in [6, 6.07) is 21.1. The number of benzene rings is 3. The Balaban J connectivity index is 2.19. The van der Waals surface area contributed by atoms with Crippen LogP contribution in [0.4, 0.5) is 0 Å². The summed E-state index contributed by atoms with van der Waals surface area (Å²) in [5.41, 5.74) is 3.72. The van der Waals surface area contributed by atoms with Crippen molar-refractivity contribution in [1.82, 2.24) is 0 Å². The van der Waals surface area contributed by atoms with Gasteiger partial charge in [-0.25, -0.2) is 0 Å². The van der Waals surface area contributed by atoms with Crippen LogP contribution in [0.3, 0.4) is 0 Å². The van der Waals surface area contributed by atoms with Crippen LogP contribution in [-0.4, -0.2) is 7.11 Å². The molecular formula is C18H16O. The van der Waals surface area contributed by atoms with E-state index in [2.05, 4.69) is 55.5 Å². The molecule has 0 saturated carbocycles. The molecule has 0 heterocycles. The molecule has 1 nitrogen and oxygen atoms in total. The van der Waals surface area contributed by atoms with Gasteiger partial charge in [0.05, 0.1) is 7.11 Å². The van der Waals surface area contributed by atoms with Crippen molar-refractivity contribution in [2.45, 2.75) is 6.92 Å². The topological polar surface area (TPSA) is 9.23 Å². The van der Waals surface area contributed by atoms with E-state index in [-0.39, 0.29) is 0 Å². The first-order valence-electron chi connectivity index (χ1n) is 6.42. The van der Waals surface area contributed by atoms with E-state index < -0.39 is 0 Å². The van der Waals surface area contributed by atoms with Gasteiger partial charge in [0.15, 0.2) is 0 Å². The number of methoxy groups -OCH3 is 1. The SMILES string of the molecule is COc1cccc(-c2cc(C)c3ccccc3c2)c1. The van der Waals surface area contributed by atoms with Crippen LogP contribution in [0, 0.1) is 6.92 Å². The highest BCUT2D eigenvalue weighted by molar-refractivity contribution is 5.90. The van der Waals surface area contributed by atoms with E-state index in [1.807, 2.05) is 12.1 Å². The third-order valence-corrected chi connectivity index (χ3v) is 3.47. The Morgan fingerprint density at radius 2 is 1.63 bits per heavy atom. The maximum absolute atomic E-state index is 5.29. The Bertz CT molecular complexity index is 729. The van der Waals surface area contributed by atoms with Crippen LogP contribution in [0.15, 0.2) is 60.7 Å². The van der Waals surface area contributed by atoms with Gasteiger partial charge < -0.3 is 4.74 Å². The van der Waals surface area contributed by atoms with Gasteiger partial charge in [-0.15, -0.1) is 0 Å². The van der Waals surface area contributed by atoms with Gasteiger partial charge in [-0.3, -0.25) is 0 Å². The monoisotopic (exact) mass is 248 g/mol. The highest BCUT2D eigenvalue weighted by atomic mass is 16.5. The number of fused-ring (bicyclic) bond motifs is 1. The summed E-state index contributed by atoms with van der Waals surface area (Å²) < 4.78 is 5.29. The summed E-state index contributed by atoms with van der Waals surface area (Å²) in [5.74, 6) is 0.892. The number of hydrogen-bond donors (Lipinski definition) is 0. The molecule has 0 aliphatic rings. The molecule has 3 aromatic rings. The first-order valence-corrected chi connectivity index (χ1v) is 6.42. The third-order valence-electron chi connectivity index (χ3n) is 3.47. The van der Waals surface area contributed by atoms with Gasteiger partial charge in [-0.1, -0.05) is 42.5 Å². The number of ether oxygens (including phenoxy) is 1. The molecule has 19 heavy (non-hydrogen) atoms. The molecule has 3 rings (SSSR count).